The maximum absolute atomic E-state index is 5.85. The molecule has 3 aromatic rings. The van der Waals surface area contributed by atoms with Gasteiger partial charge in [0.2, 0.25) is 4.77 Å². The van der Waals surface area contributed by atoms with Gasteiger partial charge in [-0.1, -0.05) is 0 Å². The first-order valence-electron chi connectivity index (χ1n) is 9.34. The van der Waals surface area contributed by atoms with Gasteiger partial charge in [0.15, 0.2) is 12.5 Å². The maximum atomic E-state index is 5.85. The van der Waals surface area contributed by atoms with Crippen LogP contribution in [-0.2, 0) is 26.9 Å². The normalized spacial score (nSPS) is 11.9. The quantitative estimate of drug-likeness (QED) is 0.543. The number of nitrogens with one attached hydrogen (secondary N) is 1. The minimum atomic E-state index is 0.344. The summed E-state index contributed by atoms with van der Waals surface area (Å²) < 4.78 is 20.6. The third-order valence-electron chi connectivity index (χ3n) is 4.64. The van der Waals surface area contributed by atoms with Gasteiger partial charge in [-0.15, -0.1) is 5.10 Å². The van der Waals surface area contributed by atoms with Crippen LogP contribution in [0.3, 0.4) is 0 Å². The molecule has 0 amide bonds. The van der Waals surface area contributed by atoms with E-state index in [2.05, 4.69) is 24.3 Å². The Hall–Kier alpha value is -2.84. The van der Waals surface area contributed by atoms with E-state index in [-0.39, 0.29) is 0 Å². The van der Waals surface area contributed by atoms with Crippen molar-refractivity contribution in [2.75, 3.05) is 21.3 Å². The summed E-state index contributed by atoms with van der Waals surface area (Å²) in [5.74, 6) is 3.19. The first-order valence-corrected chi connectivity index (χ1v) is 9.74. The summed E-state index contributed by atoms with van der Waals surface area (Å²) in [7, 11) is 7.35. The van der Waals surface area contributed by atoms with Gasteiger partial charge >= 0.3 is 0 Å². The van der Waals surface area contributed by atoms with Crippen LogP contribution in [0.4, 0.5) is 0 Å². The molecule has 1 atom stereocenters. The summed E-state index contributed by atoms with van der Waals surface area (Å²) in [6.07, 6.45) is 0. The number of ether oxygens (including phenoxy) is 3. The van der Waals surface area contributed by atoms with Crippen molar-refractivity contribution in [3.63, 3.8) is 0 Å². The van der Waals surface area contributed by atoms with E-state index in [4.69, 9.17) is 26.4 Å². The number of quaternary nitrogens is 1. The summed E-state index contributed by atoms with van der Waals surface area (Å²) >= 11 is 5.56. The minimum absolute atomic E-state index is 0.344. The average molecular weight is 416 g/mol. The van der Waals surface area contributed by atoms with Crippen LogP contribution >= 0.6 is 12.2 Å². The lowest BCUT2D eigenvalue weighted by Gasteiger charge is -2.14. The molecule has 7 nitrogen and oxygen atoms in total. The van der Waals surface area contributed by atoms with Crippen LogP contribution in [0.15, 0.2) is 48.5 Å². The second-order valence-corrected chi connectivity index (χ2v) is 7.23. The summed E-state index contributed by atoms with van der Waals surface area (Å²) in [4.78, 5) is 1.27. The highest BCUT2D eigenvalue weighted by Crippen LogP contribution is 2.18. The molecular weight excluding hydrogens is 388 g/mol. The van der Waals surface area contributed by atoms with Crippen LogP contribution in [0.25, 0.3) is 0 Å². The van der Waals surface area contributed by atoms with Crippen molar-refractivity contribution in [3.8, 4) is 17.2 Å². The molecule has 0 fully saturated rings. The van der Waals surface area contributed by atoms with Gasteiger partial charge in [0, 0.05) is 12.6 Å². The summed E-state index contributed by atoms with van der Waals surface area (Å²) in [5, 5.41) is 4.65. The maximum Gasteiger partial charge on any atom is 0.202 e. The van der Waals surface area contributed by atoms with Crippen molar-refractivity contribution in [1.82, 2.24) is 14.3 Å². The molecule has 8 heteroatoms. The molecule has 2 aromatic carbocycles. The van der Waals surface area contributed by atoms with Crippen molar-refractivity contribution >= 4 is 12.2 Å². The minimum Gasteiger partial charge on any atom is -0.497 e. The molecule has 0 radical (unpaired) electrons. The number of aromatic nitrogens is 3. The van der Waals surface area contributed by atoms with Gasteiger partial charge in [-0.05, 0) is 60.7 Å². The molecular formula is C21H27N4O3S+. The summed E-state index contributed by atoms with van der Waals surface area (Å²) in [6, 6.07) is 15.6. The summed E-state index contributed by atoms with van der Waals surface area (Å²) in [5.41, 5.74) is 1.23. The van der Waals surface area contributed by atoms with E-state index < -0.39 is 0 Å². The van der Waals surface area contributed by atoms with Gasteiger partial charge in [-0.3, -0.25) is 0 Å². The van der Waals surface area contributed by atoms with E-state index in [1.807, 2.05) is 52.7 Å². The highest BCUT2D eigenvalue weighted by Gasteiger charge is 2.12. The Labute approximate surface area is 176 Å². The smallest absolute Gasteiger partial charge is 0.202 e. The largest absolute Gasteiger partial charge is 0.497 e. The van der Waals surface area contributed by atoms with Crippen LogP contribution in [-0.4, -0.2) is 35.6 Å². The Morgan fingerprint density at radius 3 is 2.07 bits per heavy atom. The van der Waals surface area contributed by atoms with Gasteiger partial charge in [0.25, 0.3) is 0 Å². The molecule has 0 aliphatic carbocycles. The predicted octanol–water partition coefficient (Wildman–Crippen LogP) is 2.22. The Morgan fingerprint density at radius 2 is 1.48 bits per heavy atom. The number of rotatable bonds is 9. The van der Waals surface area contributed by atoms with Gasteiger partial charge < -0.3 is 23.7 Å². The predicted molar refractivity (Wildman–Crippen MR) is 113 cm³/mol. The van der Waals surface area contributed by atoms with Gasteiger partial charge in [-0.2, -0.15) is 4.68 Å². The molecule has 0 bridgehead atoms. The molecule has 3 rings (SSSR count). The van der Waals surface area contributed by atoms with Crippen LogP contribution < -0.4 is 19.1 Å². The molecule has 0 aliphatic rings. The number of benzene rings is 2. The van der Waals surface area contributed by atoms with Crippen LogP contribution in [0.1, 0.15) is 11.4 Å². The first kappa shape index (κ1) is 20.9. The summed E-state index contributed by atoms with van der Waals surface area (Å²) in [6.45, 7) is 1.87. The fourth-order valence-corrected chi connectivity index (χ4v) is 3.20. The highest BCUT2D eigenvalue weighted by atomic mass is 32.1. The van der Waals surface area contributed by atoms with E-state index in [0.29, 0.717) is 18.0 Å². The Morgan fingerprint density at radius 1 is 0.931 bits per heavy atom. The average Bonchev–Trinajstić information content (AvgIpc) is 3.01. The van der Waals surface area contributed by atoms with E-state index >= 15 is 0 Å². The second kappa shape index (κ2) is 9.58. The van der Waals surface area contributed by atoms with Crippen molar-refractivity contribution in [1.29, 1.82) is 0 Å². The molecule has 154 valence electrons. The SMILES string of the molecule is COc1ccc(C[NH+](C)Cn2nc(COc3ccc(OC)cc3)n(C)c2=S)cc1. The number of nitrogens with zero attached hydrogens (tertiary/aromatic N) is 3. The molecule has 0 saturated heterocycles. The molecule has 0 saturated carbocycles. The monoisotopic (exact) mass is 415 g/mol. The standard InChI is InChI=1S/C21H26N4O3S/c1-23(13-16-5-7-17(26-3)8-6-16)15-25-21(29)24(2)20(22-25)14-28-19-11-9-18(27-4)10-12-19/h5-12H,13-15H2,1-4H3/p+1. The highest BCUT2D eigenvalue weighted by molar-refractivity contribution is 7.71. The number of hydrogen-bond acceptors (Lipinski definition) is 5. The van der Waals surface area contributed by atoms with Gasteiger partial charge in [-0.25, -0.2) is 0 Å². The van der Waals surface area contributed by atoms with E-state index in [1.165, 1.54) is 10.5 Å². The lowest BCUT2D eigenvalue weighted by Crippen LogP contribution is -3.07. The topological polar surface area (TPSA) is 54.9 Å². The fraction of sp³-hybridized carbons (Fsp3) is 0.333. The van der Waals surface area contributed by atoms with Crippen molar-refractivity contribution < 1.29 is 19.1 Å². The third-order valence-corrected chi connectivity index (χ3v) is 5.13. The molecule has 29 heavy (non-hydrogen) atoms. The van der Waals surface area contributed by atoms with Crippen LogP contribution in [0, 0.1) is 4.77 Å². The Kier molecular flexibility index (Phi) is 6.90. The molecule has 1 aromatic heterocycles. The lowest BCUT2D eigenvalue weighted by atomic mass is 10.2. The number of methoxy groups -OCH3 is 2. The fourth-order valence-electron chi connectivity index (χ4n) is 2.98. The second-order valence-electron chi connectivity index (χ2n) is 6.86. The first-order chi connectivity index (χ1) is 14.0. The molecule has 1 unspecified atom stereocenters. The third kappa shape index (κ3) is 5.36. The van der Waals surface area contributed by atoms with Crippen LogP contribution in [0.2, 0.25) is 0 Å². The van der Waals surface area contributed by atoms with E-state index in [1.54, 1.807) is 14.2 Å². The van der Waals surface area contributed by atoms with E-state index in [9.17, 15) is 0 Å². The Bertz CT molecular complexity index is 981. The zero-order valence-corrected chi connectivity index (χ0v) is 18.0. The molecule has 0 spiro atoms. The molecule has 1 N–H and O–H groups in total. The van der Waals surface area contributed by atoms with Gasteiger partial charge in [0.05, 0.1) is 21.3 Å². The van der Waals surface area contributed by atoms with Crippen molar-refractivity contribution in [2.45, 2.75) is 19.8 Å². The zero-order valence-electron chi connectivity index (χ0n) is 17.2. The van der Waals surface area contributed by atoms with Gasteiger partial charge in [0.1, 0.15) is 30.4 Å². The molecule has 1 heterocycles. The van der Waals surface area contributed by atoms with Crippen LogP contribution in [0.5, 0.6) is 17.2 Å². The lowest BCUT2D eigenvalue weighted by molar-refractivity contribution is -0.917. The van der Waals surface area contributed by atoms with E-state index in [0.717, 1.165) is 29.6 Å². The van der Waals surface area contributed by atoms with Crippen molar-refractivity contribution in [2.24, 2.45) is 7.05 Å². The van der Waals surface area contributed by atoms with Crippen molar-refractivity contribution in [3.05, 3.63) is 64.7 Å². The number of hydrogen-bond donors (Lipinski definition) is 1. The Balaban J connectivity index is 1.61. The zero-order chi connectivity index (χ0) is 20.8. The molecule has 0 aliphatic heterocycles.